The summed E-state index contributed by atoms with van der Waals surface area (Å²) < 4.78 is 7.22. The summed E-state index contributed by atoms with van der Waals surface area (Å²) in [7, 11) is 1.66. The Morgan fingerprint density at radius 2 is 1.73 bits per heavy atom. The van der Waals surface area contributed by atoms with Gasteiger partial charge in [0.1, 0.15) is 11.5 Å². The molecule has 0 atom stereocenters. The van der Waals surface area contributed by atoms with E-state index in [0.29, 0.717) is 37.5 Å². The molecule has 8 nitrogen and oxygen atoms in total. The van der Waals surface area contributed by atoms with Gasteiger partial charge >= 0.3 is 0 Å². The number of imidazole rings is 1. The zero-order chi connectivity index (χ0) is 27.7. The van der Waals surface area contributed by atoms with Crippen molar-refractivity contribution in [2.24, 2.45) is 0 Å². The molecule has 5 aromatic rings. The number of H-pyrrole nitrogens is 1. The van der Waals surface area contributed by atoms with Gasteiger partial charge in [-0.3, -0.25) is 4.79 Å². The number of aromatic nitrogens is 6. The zero-order valence-electron chi connectivity index (χ0n) is 23.0. The molecular weight excluding hydrogens is 500 g/mol. The molecule has 0 aliphatic carbocycles. The smallest absolute Gasteiger partial charge is 0.205 e. The first-order valence-corrected chi connectivity index (χ1v) is 13.8. The van der Waals surface area contributed by atoms with Crippen LogP contribution in [0.25, 0.3) is 33.6 Å². The van der Waals surface area contributed by atoms with Gasteiger partial charge in [-0.2, -0.15) is 5.21 Å². The molecule has 0 saturated carbocycles. The molecule has 40 heavy (non-hydrogen) atoms. The molecule has 3 aromatic carbocycles. The summed E-state index contributed by atoms with van der Waals surface area (Å²) in [5, 5.41) is 14.8. The Bertz CT molecular complexity index is 1530. The second-order valence-corrected chi connectivity index (χ2v) is 9.83. The van der Waals surface area contributed by atoms with E-state index >= 15 is 0 Å². The highest BCUT2D eigenvalue weighted by Gasteiger charge is 2.17. The summed E-state index contributed by atoms with van der Waals surface area (Å²) in [5.74, 6) is 1.61. The Hall–Kier alpha value is -4.43. The Morgan fingerprint density at radius 1 is 0.925 bits per heavy atom. The van der Waals surface area contributed by atoms with E-state index in [9.17, 15) is 4.79 Å². The van der Waals surface area contributed by atoms with Crippen molar-refractivity contribution in [1.29, 1.82) is 0 Å². The lowest BCUT2D eigenvalue weighted by Gasteiger charge is -2.14. The number of rotatable bonds is 13. The van der Waals surface area contributed by atoms with Gasteiger partial charge in [0.05, 0.1) is 6.20 Å². The van der Waals surface area contributed by atoms with E-state index in [-0.39, 0.29) is 5.78 Å². The highest BCUT2D eigenvalue weighted by Crippen LogP contribution is 2.34. The summed E-state index contributed by atoms with van der Waals surface area (Å²) in [6, 6.07) is 25.1. The van der Waals surface area contributed by atoms with Crippen molar-refractivity contribution in [3.05, 3.63) is 96.1 Å². The minimum absolute atomic E-state index is 0.103. The van der Waals surface area contributed by atoms with Crippen molar-refractivity contribution in [2.45, 2.75) is 45.6 Å². The van der Waals surface area contributed by atoms with Gasteiger partial charge in [-0.1, -0.05) is 74.0 Å². The number of tetrazole rings is 1. The van der Waals surface area contributed by atoms with Crippen LogP contribution >= 0.6 is 0 Å². The van der Waals surface area contributed by atoms with Gasteiger partial charge in [0.25, 0.3) is 0 Å². The topological polar surface area (TPSA) is 98.6 Å². The minimum atomic E-state index is 0.103. The molecule has 0 amide bonds. The van der Waals surface area contributed by atoms with Gasteiger partial charge in [0, 0.05) is 38.7 Å². The van der Waals surface area contributed by atoms with Crippen LogP contribution < -0.4 is 0 Å². The quantitative estimate of drug-likeness (QED) is 0.139. The van der Waals surface area contributed by atoms with Crippen LogP contribution in [-0.2, 0) is 17.7 Å². The SMILES string of the molecule is CCCCc1ncc(C(=O)CCCOC)n1Cc1ccc(-c2cc(-c3ccccc3)ccc2-c2nn[nH]n2)cc1. The molecule has 0 radical (unpaired) electrons. The molecule has 0 fully saturated rings. The van der Waals surface area contributed by atoms with Crippen LogP contribution in [0.2, 0.25) is 0 Å². The monoisotopic (exact) mass is 534 g/mol. The Balaban J connectivity index is 1.45. The molecule has 2 aromatic heterocycles. The van der Waals surface area contributed by atoms with Crippen LogP contribution in [0.3, 0.4) is 0 Å². The number of methoxy groups -OCH3 is 1. The van der Waals surface area contributed by atoms with Crippen LogP contribution in [0.1, 0.15) is 54.5 Å². The Kier molecular flexibility index (Phi) is 8.88. The third kappa shape index (κ3) is 6.24. The van der Waals surface area contributed by atoms with Crippen molar-refractivity contribution >= 4 is 5.78 Å². The van der Waals surface area contributed by atoms with Gasteiger partial charge < -0.3 is 9.30 Å². The first-order chi connectivity index (χ1) is 19.7. The summed E-state index contributed by atoms with van der Waals surface area (Å²) in [6.07, 6.45) is 5.83. The number of carbonyl (C=O) groups is 1. The number of aromatic amines is 1. The first kappa shape index (κ1) is 27.1. The number of unbranched alkanes of at least 4 members (excludes halogenated alkanes) is 1. The van der Waals surface area contributed by atoms with Gasteiger partial charge in [-0.15, -0.1) is 10.2 Å². The molecule has 8 heteroatoms. The van der Waals surface area contributed by atoms with Crippen molar-refractivity contribution < 1.29 is 9.53 Å². The molecule has 0 bridgehead atoms. The number of aryl methyl sites for hydroxylation is 1. The average molecular weight is 535 g/mol. The Labute approximate surface area is 234 Å². The van der Waals surface area contributed by atoms with Crippen molar-refractivity contribution in [3.8, 4) is 33.6 Å². The largest absolute Gasteiger partial charge is 0.385 e. The summed E-state index contributed by atoms with van der Waals surface area (Å²) in [4.78, 5) is 17.7. The van der Waals surface area contributed by atoms with E-state index in [2.05, 4.69) is 85.6 Å². The lowest BCUT2D eigenvalue weighted by atomic mass is 9.93. The van der Waals surface area contributed by atoms with Crippen molar-refractivity contribution in [2.75, 3.05) is 13.7 Å². The highest BCUT2D eigenvalue weighted by molar-refractivity contribution is 5.94. The first-order valence-electron chi connectivity index (χ1n) is 13.8. The lowest BCUT2D eigenvalue weighted by Crippen LogP contribution is -2.13. The molecule has 0 aliphatic rings. The highest BCUT2D eigenvalue weighted by atomic mass is 16.5. The lowest BCUT2D eigenvalue weighted by molar-refractivity contribution is 0.0954. The third-order valence-electron chi connectivity index (χ3n) is 7.05. The molecular formula is C32H34N6O2. The van der Waals surface area contributed by atoms with E-state index in [1.165, 1.54) is 0 Å². The average Bonchev–Trinajstić information content (AvgIpc) is 3.67. The molecule has 0 unspecified atom stereocenters. The molecule has 2 heterocycles. The summed E-state index contributed by atoms with van der Waals surface area (Å²) in [5.41, 5.74) is 7.00. The fourth-order valence-corrected chi connectivity index (χ4v) is 4.89. The molecule has 5 rings (SSSR count). The second-order valence-electron chi connectivity index (χ2n) is 9.83. The van der Waals surface area contributed by atoms with Crippen LogP contribution in [-0.4, -0.2) is 49.7 Å². The normalized spacial score (nSPS) is 11.2. The number of ether oxygens (including phenoxy) is 1. The number of hydrogen-bond donors (Lipinski definition) is 1. The van der Waals surface area contributed by atoms with E-state index in [0.717, 1.165) is 58.5 Å². The van der Waals surface area contributed by atoms with Gasteiger partial charge in [-0.05, 0) is 58.0 Å². The van der Waals surface area contributed by atoms with Gasteiger partial charge in [0.2, 0.25) is 5.82 Å². The molecule has 0 saturated heterocycles. The standard InChI is InChI=1S/C32H34N6O2/c1-3-4-12-31-33-21-29(30(39)11-8-19-40-2)38(31)22-23-13-15-25(16-14-23)28-20-26(24-9-6-5-7-10-24)17-18-27(28)32-34-36-37-35-32/h5-7,9-10,13-18,20-21H,3-4,8,11-12,19,22H2,1-2H3,(H,34,35,36,37). The van der Waals surface area contributed by atoms with Crippen LogP contribution in [0.5, 0.6) is 0 Å². The molecule has 0 spiro atoms. The van der Waals surface area contributed by atoms with E-state index < -0.39 is 0 Å². The van der Waals surface area contributed by atoms with Crippen molar-refractivity contribution in [1.82, 2.24) is 30.2 Å². The van der Waals surface area contributed by atoms with Crippen LogP contribution in [0, 0.1) is 0 Å². The molecule has 204 valence electrons. The minimum Gasteiger partial charge on any atom is -0.385 e. The summed E-state index contributed by atoms with van der Waals surface area (Å²) >= 11 is 0. The maximum absolute atomic E-state index is 13.0. The van der Waals surface area contributed by atoms with E-state index in [4.69, 9.17) is 4.74 Å². The third-order valence-corrected chi connectivity index (χ3v) is 7.05. The Morgan fingerprint density at radius 3 is 2.45 bits per heavy atom. The number of nitrogens with one attached hydrogen (secondary N) is 1. The maximum atomic E-state index is 13.0. The van der Waals surface area contributed by atoms with Crippen LogP contribution in [0.4, 0.5) is 0 Å². The number of nitrogens with zero attached hydrogens (tertiary/aromatic N) is 5. The molecule has 1 N–H and O–H groups in total. The number of hydrogen-bond acceptors (Lipinski definition) is 6. The predicted octanol–water partition coefficient (Wildman–Crippen LogP) is 6.40. The van der Waals surface area contributed by atoms with Crippen LogP contribution in [0.15, 0.2) is 79.0 Å². The number of benzene rings is 3. The number of carbonyl (C=O) groups excluding carboxylic acids is 1. The predicted molar refractivity (Wildman–Crippen MR) is 156 cm³/mol. The van der Waals surface area contributed by atoms with E-state index in [1.54, 1.807) is 13.3 Å². The summed E-state index contributed by atoms with van der Waals surface area (Å²) in [6.45, 7) is 3.33. The maximum Gasteiger partial charge on any atom is 0.205 e. The molecule has 0 aliphatic heterocycles. The zero-order valence-corrected chi connectivity index (χ0v) is 23.0. The second kappa shape index (κ2) is 13.1. The van der Waals surface area contributed by atoms with E-state index in [1.807, 2.05) is 24.3 Å². The van der Waals surface area contributed by atoms with Gasteiger partial charge in [-0.25, -0.2) is 4.98 Å². The number of ketones is 1. The van der Waals surface area contributed by atoms with Crippen molar-refractivity contribution in [3.63, 3.8) is 0 Å². The van der Waals surface area contributed by atoms with Gasteiger partial charge in [0.15, 0.2) is 5.78 Å². The fraction of sp³-hybridized carbons (Fsp3) is 0.281. The fourth-order valence-electron chi connectivity index (χ4n) is 4.89. The number of Topliss-reactive ketones (excluding diaryl/α,β-unsaturated/α-hetero) is 1.